The van der Waals surface area contributed by atoms with Crippen LogP contribution in [-0.2, 0) is 4.74 Å². The molecule has 8 atom stereocenters. The van der Waals surface area contributed by atoms with Crippen LogP contribution in [0.25, 0.3) is 0 Å². The molecule has 8 unspecified atom stereocenters. The van der Waals surface area contributed by atoms with Crippen LogP contribution in [0.3, 0.4) is 0 Å². The molecule has 200 valence electrons. The summed E-state index contributed by atoms with van der Waals surface area (Å²) in [6, 6.07) is 0. The molecule has 0 bridgehead atoms. The van der Waals surface area contributed by atoms with Crippen LogP contribution >= 0.6 is 159 Å². The number of ether oxygens (including phenoxy) is 1. The molecule has 0 radical (unpaired) electrons. The number of hydrogen-bond acceptors (Lipinski definition) is 1. The van der Waals surface area contributed by atoms with E-state index < -0.39 is 8.65 Å². The van der Waals surface area contributed by atoms with E-state index in [1.54, 1.807) is 0 Å². The van der Waals surface area contributed by atoms with E-state index in [1.807, 2.05) is 0 Å². The van der Waals surface area contributed by atoms with E-state index in [4.69, 9.17) is 4.74 Å². The van der Waals surface area contributed by atoms with Crippen molar-refractivity contribution in [3.63, 3.8) is 0 Å². The minimum Gasteiger partial charge on any atom is -0.361 e. The Morgan fingerprint density at radius 2 is 0.971 bits per heavy atom. The van der Waals surface area contributed by atoms with Crippen molar-refractivity contribution < 1.29 is 4.74 Å². The molecule has 0 aromatic heterocycles. The van der Waals surface area contributed by atoms with Crippen LogP contribution in [0.15, 0.2) is 41.2 Å². The molecule has 0 fully saturated rings. The molecule has 2 rings (SSSR count). The van der Waals surface area contributed by atoms with Crippen molar-refractivity contribution in [3.8, 4) is 0 Å². The van der Waals surface area contributed by atoms with Crippen molar-refractivity contribution in [1.29, 1.82) is 0 Å². The van der Waals surface area contributed by atoms with E-state index in [2.05, 4.69) is 199 Å². The molecular weight excluding hydrogens is 1100 g/mol. The Bertz CT molecular complexity index is 840. The second-order valence-electron chi connectivity index (χ2n) is 8.52. The Kier molecular flexibility index (Phi) is 14.7. The lowest BCUT2D eigenvalue weighted by molar-refractivity contribution is 0.00723. The first-order valence-electron chi connectivity index (χ1n) is 11.4. The van der Waals surface area contributed by atoms with Crippen molar-refractivity contribution in [2.45, 2.75) is 93.5 Å². The number of alkyl halides is 6. The fourth-order valence-corrected chi connectivity index (χ4v) is 15.2. The molecule has 0 saturated heterocycles. The zero-order valence-corrected chi connectivity index (χ0v) is 35.5. The first kappa shape index (κ1) is 34.9. The average molecular weight is 1130 g/mol. The van der Waals surface area contributed by atoms with Gasteiger partial charge in [0.1, 0.15) is 12.2 Å². The van der Waals surface area contributed by atoms with E-state index in [9.17, 15) is 0 Å². The van der Waals surface area contributed by atoms with Gasteiger partial charge >= 0.3 is 0 Å². The SMILES string of the molecule is CCC(Br)C1=C(Br)C=C(Br)C(OC2C(Br)=CC(Br)=C(C(Br)CC)C2(Br)C(Br)CC)C1(Br)C(Br)CC. The Labute approximate surface area is 294 Å². The van der Waals surface area contributed by atoms with E-state index in [0.717, 1.165) is 43.6 Å². The molecule has 0 heterocycles. The Morgan fingerprint density at radius 1 is 0.657 bits per heavy atom. The summed E-state index contributed by atoms with van der Waals surface area (Å²) in [5.74, 6) is 0. The molecule has 1 nitrogen and oxygen atoms in total. The molecule has 35 heavy (non-hydrogen) atoms. The van der Waals surface area contributed by atoms with Gasteiger partial charge in [0, 0.05) is 37.2 Å². The highest BCUT2D eigenvalue weighted by Crippen LogP contribution is 2.57. The minimum atomic E-state index is -0.495. The summed E-state index contributed by atoms with van der Waals surface area (Å²) in [6.45, 7) is 8.76. The van der Waals surface area contributed by atoms with Gasteiger partial charge < -0.3 is 4.74 Å². The zero-order valence-electron chi connectivity index (χ0n) is 19.6. The van der Waals surface area contributed by atoms with Crippen LogP contribution in [0.1, 0.15) is 53.4 Å². The molecule has 0 aromatic carbocycles. The van der Waals surface area contributed by atoms with Crippen LogP contribution in [0, 0.1) is 0 Å². The lowest BCUT2D eigenvalue weighted by Crippen LogP contribution is -2.57. The standard InChI is InChI=1S/C24H28Br10O/c1-5-11(25)19-13(27)9-15(29)21(23(19,33)17(31)7-3)35-22-16(30)10-14(28)20(12(26)6-2)24(22,34)18(32)8-4/h9-12,17-18,21-22H,5-8H2,1-4H3. The average Bonchev–Trinajstić information content (AvgIpc) is 2.81. The normalized spacial score (nSPS) is 33.3. The van der Waals surface area contributed by atoms with Crippen LogP contribution in [-0.4, -0.2) is 40.2 Å². The maximum absolute atomic E-state index is 7.24. The van der Waals surface area contributed by atoms with Gasteiger partial charge in [-0.25, -0.2) is 0 Å². The highest BCUT2D eigenvalue weighted by Gasteiger charge is 2.57. The molecule has 0 aromatic rings. The highest BCUT2D eigenvalue weighted by molar-refractivity contribution is 9.14. The van der Waals surface area contributed by atoms with Gasteiger partial charge in [0.15, 0.2) is 0 Å². The van der Waals surface area contributed by atoms with Gasteiger partial charge in [-0.2, -0.15) is 0 Å². The van der Waals surface area contributed by atoms with Crippen molar-refractivity contribution in [2.75, 3.05) is 0 Å². The lowest BCUT2D eigenvalue weighted by Gasteiger charge is -2.50. The van der Waals surface area contributed by atoms with Crippen molar-refractivity contribution in [2.24, 2.45) is 0 Å². The third kappa shape index (κ3) is 6.87. The first-order valence-corrected chi connectivity index (χ1v) is 19.8. The minimum absolute atomic E-state index is 0.124. The molecule has 0 aliphatic heterocycles. The molecule has 0 saturated carbocycles. The smallest absolute Gasteiger partial charge is 0.110 e. The Hall–Kier alpha value is 3.72. The second-order valence-corrected chi connectivity index (χ2v) is 19.1. The van der Waals surface area contributed by atoms with Crippen LogP contribution in [0.4, 0.5) is 0 Å². The molecule has 0 amide bonds. The largest absolute Gasteiger partial charge is 0.361 e. The summed E-state index contributed by atoms with van der Waals surface area (Å²) in [5.41, 5.74) is 2.48. The molecule has 0 spiro atoms. The highest BCUT2D eigenvalue weighted by atomic mass is 79.9. The summed E-state index contributed by atoms with van der Waals surface area (Å²) >= 11 is 39.9. The van der Waals surface area contributed by atoms with Gasteiger partial charge in [0.05, 0.1) is 8.65 Å². The molecule has 2 aliphatic carbocycles. The van der Waals surface area contributed by atoms with Crippen LogP contribution in [0.2, 0.25) is 0 Å². The number of rotatable bonds is 10. The predicted molar refractivity (Wildman–Crippen MR) is 190 cm³/mol. The maximum atomic E-state index is 7.24. The topological polar surface area (TPSA) is 9.23 Å². The van der Waals surface area contributed by atoms with Gasteiger partial charge in [-0.05, 0) is 49.0 Å². The van der Waals surface area contributed by atoms with Crippen LogP contribution in [0.5, 0.6) is 0 Å². The fraction of sp³-hybridized carbons (Fsp3) is 0.667. The van der Waals surface area contributed by atoms with Crippen molar-refractivity contribution in [3.05, 3.63) is 41.2 Å². The van der Waals surface area contributed by atoms with Gasteiger partial charge in [0.25, 0.3) is 0 Å². The number of halogens is 10. The summed E-state index contributed by atoms with van der Waals surface area (Å²) < 4.78 is 10.3. The summed E-state index contributed by atoms with van der Waals surface area (Å²) in [7, 11) is 0. The van der Waals surface area contributed by atoms with E-state index in [0.29, 0.717) is 0 Å². The fourth-order valence-electron chi connectivity index (χ4n) is 4.51. The van der Waals surface area contributed by atoms with Crippen molar-refractivity contribution in [1.82, 2.24) is 0 Å². The number of hydrogen-bond donors (Lipinski definition) is 0. The molecule has 11 heteroatoms. The van der Waals surface area contributed by atoms with Gasteiger partial charge in [-0.3, -0.25) is 0 Å². The first-order chi connectivity index (χ1) is 16.3. The van der Waals surface area contributed by atoms with Crippen molar-refractivity contribution >= 4 is 159 Å². The van der Waals surface area contributed by atoms with Gasteiger partial charge in [-0.1, -0.05) is 187 Å². The summed E-state index contributed by atoms with van der Waals surface area (Å²) in [5, 5.41) is 0. The van der Waals surface area contributed by atoms with E-state index >= 15 is 0 Å². The summed E-state index contributed by atoms with van der Waals surface area (Å²) in [6.07, 6.45) is 7.44. The Morgan fingerprint density at radius 3 is 1.23 bits per heavy atom. The third-order valence-electron chi connectivity index (χ3n) is 6.38. The molecule has 2 aliphatic rings. The van der Waals surface area contributed by atoms with Gasteiger partial charge in [-0.15, -0.1) is 0 Å². The third-order valence-corrected chi connectivity index (χ3v) is 17.9. The summed E-state index contributed by atoms with van der Waals surface area (Å²) in [4.78, 5) is 0.611. The quantitative estimate of drug-likeness (QED) is 0.198. The Balaban J connectivity index is 2.74. The maximum Gasteiger partial charge on any atom is 0.110 e. The van der Waals surface area contributed by atoms with E-state index in [-0.39, 0.29) is 31.5 Å². The molecular formula is C24H28Br10O. The number of allylic oxidation sites excluding steroid dienone is 4. The molecule has 0 N–H and O–H groups in total. The lowest BCUT2D eigenvalue weighted by atomic mass is 9.80. The predicted octanol–water partition coefficient (Wildman–Crippen LogP) is 12.6. The van der Waals surface area contributed by atoms with Crippen LogP contribution < -0.4 is 0 Å². The van der Waals surface area contributed by atoms with E-state index in [1.165, 1.54) is 11.1 Å². The van der Waals surface area contributed by atoms with Gasteiger partial charge in [0.2, 0.25) is 0 Å². The zero-order chi connectivity index (χ0) is 26.9. The monoisotopic (exact) mass is 1120 g/mol. The second kappa shape index (κ2) is 14.8.